The predicted molar refractivity (Wildman–Crippen MR) is 98.2 cm³/mol. The number of halogens is 1. The van der Waals surface area contributed by atoms with Gasteiger partial charge in [0.2, 0.25) is 5.78 Å². The predicted octanol–water partition coefficient (Wildman–Crippen LogP) is 4.04. The van der Waals surface area contributed by atoms with Crippen LogP contribution in [0.4, 0.5) is 5.69 Å². The molecular weight excluding hydrogens is 340 g/mol. The lowest BCUT2D eigenvalue weighted by molar-refractivity contribution is -0.137. The highest BCUT2D eigenvalue weighted by Gasteiger charge is 2.19. The molecular formula is C19H17ClN2O3. The van der Waals surface area contributed by atoms with Crippen molar-refractivity contribution in [3.8, 4) is 0 Å². The van der Waals surface area contributed by atoms with E-state index < -0.39 is 5.97 Å². The number of ketones is 1. The van der Waals surface area contributed by atoms with Crippen LogP contribution in [0, 0.1) is 0 Å². The van der Waals surface area contributed by atoms with Gasteiger partial charge in [0, 0.05) is 33.6 Å². The Hall–Kier alpha value is -2.79. The number of hydrogen-bond acceptors (Lipinski definition) is 3. The maximum atomic E-state index is 12.9. The molecule has 0 bridgehead atoms. The molecule has 4 N–H and O–H groups in total. The van der Waals surface area contributed by atoms with Crippen LogP contribution in [0.2, 0.25) is 5.02 Å². The van der Waals surface area contributed by atoms with Gasteiger partial charge in [-0.05, 0) is 48.7 Å². The summed E-state index contributed by atoms with van der Waals surface area (Å²) in [7, 11) is 0. The molecule has 0 amide bonds. The monoisotopic (exact) mass is 356 g/mol. The van der Waals surface area contributed by atoms with Gasteiger partial charge < -0.3 is 15.8 Å². The molecule has 0 fully saturated rings. The van der Waals surface area contributed by atoms with Gasteiger partial charge >= 0.3 is 5.97 Å². The smallest absolute Gasteiger partial charge is 0.303 e. The van der Waals surface area contributed by atoms with E-state index in [2.05, 4.69) is 4.98 Å². The first-order valence-electron chi connectivity index (χ1n) is 7.88. The van der Waals surface area contributed by atoms with Crippen molar-refractivity contribution >= 4 is 39.9 Å². The van der Waals surface area contributed by atoms with Crippen LogP contribution in [0.25, 0.3) is 10.9 Å². The molecule has 0 unspecified atom stereocenters. The Morgan fingerprint density at radius 3 is 2.68 bits per heavy atom. The van der Waals surface area contributed by atoms with Gasteiger partial charge in [0.15, 0.2) is 0 Å². The fourth-order valence-electron chi connectivity index (χ4n) is 2.91. The summed E-state index contributed by atoms with van der Waals surface area (Å²) in [6, 6.07) is 12.1. The Bertz CT molecular complexity index is 962. The van der Waals surface area contributed by atoms with Crippen LogP contribution in [0.5, 0.6) is 0 Å². The highest BCUT2D eigenvalue weighted by molar-refractivity contribution is 6.31. The Kier molecular flexibility index (Phi) is 4.76. The zero-order valence-corrected chi connectivity index (χ0v) is 14.1. The largest absolute Gasteiger partial charge is 0.481 e. The molecule has 25 heavy (non-hydrogen) atoms. The normalized spacial score (nSPS) is 10.9. The summed E-state index contributed by atoms with van der Waals surface area (Å²) in [5.74, 6) is -1.04. The third-order valence-corrected chi connectivity index (χ3v) is 4.30. The van der Waals surface area contributed by atoms with Crippen LogP contribution < -0.4 is 5.73 Å². The van der Waals surface area contributed by atoms with E-state index in [1.807, 2.05) is 6.07 Å². The van der Waals surface area contributed by atoms with Crippen molar-refractivity contribution in [1.82, 2.24) is 4.98 Å². The Morgan fingerprint density at radius 1 is 1.16 bits per heavy atom. The first kappa shape index (κ1) is 17.0. The van der Waals surface area contributed by atoms with Crippen molar-refractivity contribution in [1.29, 1.82) is 0 Å². The van der Waals surface area contributed by atoms with Gasteiger partial charge in [-0.1, -0.05) is 23.7 Å². The number of nitrogens with two attached hydrogens (primary N) is 1. The number of carboxylic acids is 1. The standard InChI is InChI=1S/C19H17ClN2O3/c20-12-7-8-16-15(10-12)14(5-2-6-17(23)24)18(22-16)19(25)11-3-1-4-13(21)9-11/h1,3-4,7-10,22H,2,5-6,21H2,(H,23,24). The quantitative estimate of drug-likeness (QED) is 0.458. The number of aliphatic carboxylic acids is 1. The number of rotatable bonds is 6. The zero-order valence-electron chi connectivity index (χ0n) is 13.4. The van der Waals surface area contributed by atoms with Crippen molar-refractivity contribution in [3.63, 3.8) is 0 Å². The molecule has 2 aromatic carbocycles. The Morgan fingerprint density at radius 2 is 1.96 bits per heavy atom. The van der Waals surface area contributed by atoms with Gasteiger partial charge in [0.25, 0.3) is 0 Å². The fourth-order valence-corrected chi connectivity index (χ4v) is 3.09. The van der Waals surface area contributed by atoms with Crippen LogP contribution in [0.3, 0.4) is 0 Å². The minimum atomic E-state index is -0.860. The third kappa shape index (κ3) is 3.67. The number of aromatic nitrogens is 1. The maximum Gasteiger partial charge on any atom is 0.303 e. The summed E-state index contributed by atoms with van der Waals surface area (Å²) in [6.45, 7) is 0. The van der Waals surface area contributed by atoms with E-state index in [1.54, 1.807) is 36.4 Å². The second kappa shape index (κ2) is 6.99. The number of H-pyrrole nitrogens is 1. The highest BCUT2D eigenvalue weighted by Crippen LogP contribution is 2.29. The molecule has 0 aliphatic rings. The average Bonchev–Trinajstić information content (AvgIpc) is 2.92. The summed E-state index contributed by atoms with van der Waals surface area (Å²) in [5, 5.41) is 10.3. The molecule has 128 valence electrons. The van der Waals surface area contributed by atoms with Gasteiger partial charge in [0.05, 0.1) is 5.69 Å². The number of carboxylic acid groups (broad SMARTS) is 1. The fraction of sp³-hybridized carbons (Fsp3) is 0.158. The molecule has 1 aromatic heterocycles. The summed E-state index contributed by atoms with van der Waals surface area (Å²) in [5.41, 5.74) is 8.80. The number of carbonyl (C=O) groups excluding carboxylic acids is 1. The summed E-state index contributed by atoms with van der Waals surface area (Å²) >= 11 is 6.09. The molecule has 1 heterocycles. The van der Waals surface area contributed by atoms with E-state index in [1.165, 1.54) is 0 Å². The van der Waals surface area contributed by atoms with Gasteiger partial charge in [-0.2, -0.15) is 0 Å². The number of aryl methyl sites for hydroxylation is 1. The minimum Gasteiger partial charge on any atom is -0.481 e. The lowest BCUT2D eigenvalue weighted by Gasteiger charge is -2.05. The van der Waals surface area contributed by atoms with E-state index in [0.717, 1.165) is 16.5 Å². The molecule has 6 heteroatoms. The Labute approximate surface area is 149 Å². The molecule has 0 aliphatic heterocycles. The zero-order chi connectivity index (χ0) is 18.0. The van der Waals surface area contributed by atoms with Gasteiger partial charge in [-0.25, -0.2) is 0 Å². The van der Waals surface area contributed by atoms with Crippen molar-refractivity contribution in [2.75, 3.05) is 5.73 Å². The molecule has 0 spiro atoms. The first-order valence-corrected chi connectivity index (χ1v) is 8.25. The van der Waals surface area contributed by atoms with E-state index in [0.29, 0.717) is 34.8 Å². The van der Waals surface area contributed by atoms with E-state index in [-0.39, 0.29) is 12.2 Å². The summed E-state index contributed by atoms with van der Waals surface area (Å²) in [4.78, 5) is 26.9. The lowest BCUT2D eigenvalue weighted by Crippen LogP contribution is -2.06. The minimum absolute atomic E-state index is 0.0408. The average molecular weight is 357 g/mol. The first-order chi connectivity index (χ1) is 12.0. The summed E-state index contributed by atoms with van der Waals surface area (Å²) in [6.07, 6.45) is 0.946. The van der Waals surface area contributed by atoms with Crippen molar-refractivity contribution < 1.29 is 14.7 Å². The molecule has 0 saturated heterocycles. The summed E-state index contributed by atoms with van der Waals surface area (Å²) < 4.78 is 0. The molecule has 5 nitrogen and oxygen atoms in total. The highest BCUT2D eigenvalue weighted by atomic mass is 35.5. The number of fused-ring (bicyclic) bond motifs is 1. The SMILES string of the molecule is Nc1cccc(C(=O)c2[nH]c3ccc(Cl)cc3c2CCCC(=O)O)c1. The molecule has 0 saturated carbocycles. The van der Waals surface area contributed by atoms with Gasteiger partial charge in [-0.15, -0.1) is 0 Å². The molecule has 3 aromatic rings. The van der Waals surface area contributed by atoms with Crippen molar-refractivity contribution in [3.05, 3.63) is 64.3 Å². The van der Waals surface area contributed by atoms with Crippen molar-refractivity contribution in [2.45, 2.75) is 19.3 Å². The van der Waals surface area contributed by atoms with E-state index in [9.17, 15) is 9.59 Å². The number of anilines is 1. The lowest BCUT2D eigenvalue weighted by atomic mass is 9.99. The number of nitrogen functional groups attached to an aromatic ring is 1. The van der Waals surface area contributed by atoms with Crippen LogP contribution in [-0.4, -0.2) is 21.8 Å². The van der Waals surface area contributed by atoms with Crippen LogP contribution in [0.1, 0.15) is 34.5 Å². The number of hydrogen-bond donors (Lipinski definition) is 3. The van der Waals surface area contributed by atoms with E-state index in [4.69, 9.17) is 22.4 Å². The van der Waals surface area contributed by atoms with Gasteiger partial charge in [-0.3, -0.25) is 9.59 Å². The second-order valence-corrected chi connectivity index (χ2v) is 6.31. The van der Waals surface area contributed by atoms with Gasteiger partial charge in [0.1, 0.15) is 0 Å². The number of carbonyl (C=O) groups is 2. The second-order valence-electron chi connectivity index (χ2n) is 5.87. The molecule has 3 rings (SSSR count). The van der Waals surface area contributed by atoms with Crippen LogP contribution in [-0.2, 0) is 11.2 Å². The number of benzene rings is 2. The van der Waals surface area contributed by atoms with Crippen LogP contribution >= 0.6 is 11.6 Å². The topological polar surface area (TPSA) is 96.2 Å². The maximum absolute atomic E-state index is 12.9. The number of nitrogens with one attached hydrogen (secondary N) is 1. The molecule has 0 radical (unpaired) electrons. The molecule has 0 atom stereocenters. The number of aromatic amines is 1. The molecule has 0 aliphatic carbocycles. The van der Waals surface area contributed by atoms with Crippen molar-refractivity contribution in [2.24, 2.45) is 0 Å². The third-order valence-electron chi connectivity index (χ3n) is 4.06. The van der Waals surface area contributed by atoms with Crippen LogP contribution in [0.15, 0.2) is 42.5 Å². The Balaban J connectivity index is 2.06. The van der Waals surface area contributed by atoms with E-state index >= 15 is 0 Å².